The van der Waals surface area contributed by atoms with Gasteiger partial charge in [0, 0.05) is 30.7 Å². The third kappa shape index (κ3) is 3.77. The second-order valence-corrected chi connectivity index (χ2v) is 5.45. The van der Waals surface area contributed by atoms with E-state index in [1.807, 2.05) is 37.0 Å². The number of thioether (sulfide) groups is 1. The fraction of sp³-hybridized carbons (Fsp3) is 0.400. The molecule has 106 valence electrons. The summed E-state index contributed by atoms with van der Waals surface area (Å²) in [7, 11) is 2.12. The topological polar surface area (TPSA) is 41.9 Å². The van der Waals surface area contributed by atoms with Crippen molar-refractivity contribution >= 4 is 11.8 Å². The lowest BCUT2D eigenvalue weighted by atomic mass is 10.1. The van der Waals surface area contributed by atoms with Gasteiger partial charge in [-0.05, 0) is 31.9 Å². The largest absolute Gasteiger partial charge is 0.293 e. The summed E-state index contributed by atoms with van der Waals surface area (Å²) in [5.41, 5.74) is 2.24. The van der Waals surface area contributed by atoms with E-state index in [2.05, 4.69) is 39.9 Å². The van der Waals surface area contributed by atoms with Crippen LogP contribution in [0.25, 0.3) is 0 Å². The van der Waals surface area contributed by atoms with Gasteiger partial charge in [-0.2, -0.15) is 0 Å². The van der Waals surface area contributed by atoms with Crippen molar-refractivity contribution in [2.24, 2.45) is 0 Å². The molecule has 20 heavy (non-hydrogen) atoms. The first-order chi connectivity index (χ1) is 9.74. The van der Waals surface area contributed by atoms with E-state index in [4.69, 9.17) is 0 Å². The smallest absolute Gasteiger partial charge is 0.187 e. The zero-order chi connectivity index (χ0) is 14.4. The van der Waals surface area contributed by atoms with Gasteiger partial charge in [-0.3, -0.25) is 9.88 Å². The first kappa shape index (κ1) is 14.9. The van der Waals surface area contributed by atoms with Crippen LogP contribution in [0.3, 0.4) is 0 Å². The summed E-state index contributed by atoms with van der Waals surface area (Å²) in [6.07, 6.45) is 8.66. The number of pyridine rings is 1. The van der Waals surface area contributed by atoms with Crippen molar-refractivity contribution in [2.45, 2.75) is 31.1 Å². The van der Waals surface area contributed by atoms with Gasteiger partial charge in [0.1, 0.15) is 0 Å². The van der Waals surface area contributed by atoms with Crippen LogP contribution in [0.5, 0.6) is 0 Å². The Bertz CT molecular complexity index is 515. The summed E-state index contributed by atoms with van der Waals surface area (Å²) in [6.45, 7) is 3.01. The molecule has 0 radical (unpaired) electrons. The summed E-state index contributed by atoms with van der Waals surface area (Å²) < 4.78 is 0. The Morgan fingerprint density at radius 3 is 2.50 bits per heavy atom. The second kappa shape index (κ2) is 7.36. The highest BCUT2D eigenvalue weighted by molar-refractivity contribution is 7.98. The summed E-state index contributed by atoms with van der Waals surface area (Å²) in [4.78, 5) is 15.4. The molecule has 4 nitrogen and oxygen atoms in total. The molecule has 2 heterocycles. The molecule has 0 bridgehead atoms. The first-order valence-electron chi connectivity index (χ1n) is 6.70. The van der Waals surface area contributed by atoms with E-state index in [0.29, 0.717) is 6.04 Å². The maximum Gasteiger partial charge on any atom is 0.187 e. The predicted octanol–water partition coefficient (Wildman–Crippen LogP) is 3.18. The summed E-state index contributed by atoms with van der Waals surface area (Å²) in [6, 6.07) is 6.38. The Morgan fingerprint density at radius 2 is 1.95 bits per heavy atom. The van der Waals surface area contributed by atoms with E-state index in [-0.39, 0.29) is 0 Å². The van der Waals surface area contributed by atoms with Crippen molar-refractivity contribution in [2.75, 3.05) is 13.3 Å². The Morgan fingerprint density at radius 1 is 1.20 bits per heavy atom. The van der Waals surface area contributed by atoms with Crippen LogP contribution in [-0.4, -0.2) is 33.2 Å². The Labute approximate surface area is 124 Å². The van der Waals surface area contributed by atoms with Gasteiger partial charge in [-0.25, -0.2) is 9.97 Å². The molecule has 0 saturated carbocycles. The molecular weight excluding hydrogens is 268 g/mol. The van der Waals surface area contributed by atoms with Crippen molar-refractivity contribution in [3.63, 3.8) is 0 Å². The van der Waals surface area contributed by atoms with Crippen molar-refractivity contribution in [3.8, 4) is 0 Å². The summed E-state index contributed by atoms with van der Waals surface area (Å²) in [5.74, 6) is 0. The van der Waals surface area contributed by atoms with Crippen LogP contribution < -0.4 is 0 Å². The highest BCUT2D eigenvalue weighted by Crippen LogP contribution is 2.22. The van der Waals surface area contributed by atoms with Gasteiger partial charge in [0.25, 0.3) is 0 Å². The van der Waals surface area contributed by atoms with E-state index in [9.17, 15) is 0 Å². The van der Waals surface area contributed by atoms with Crippen LogP contribution in [0.15, 0.2) is 41.9 Å². The van der Waals surface area contributed by atoms with E-state index in [1.165, 1.54) is 0 Å². The van der Waals surface area contributed by atoms with E-state index >= 15 is 0 Å². The lowest BCUT2D eigenvalue weighted by Gasteiger charge is -2.26. The number of hydrogen-bond donors (Lipinski definition) is 0. The maximum atomic E-state index is 4.46. The highest BCUT2D eigenvalue weighted by atomic mass is 32.2. The van der Waals surface area contributed by atoms with Gasteiger partial charge in [0.05, 0.1) is 11.7 Å². The molecule has 0 aromatic carbocycles. The lowest BCUT2D eigenvalue weighted by molar-refractivity contribution is 0.225. The van der Waals surface area contributed by atoms with E-state index in [0.717, 1.165) is 29.4 Å². The zero-order valence-corrected chi connectivity index (χ0v) is 13.0. The molecule has 0 amide bonds. The normalized spacial score (nSPS) is 12.6. The Balaban J connectivity index is 2.07. The molecule has 5 heteroatoms. The molecule has 0 saturated heterocycles. The molecule has 0 aliphatic rings. The summed E-state index contributed by atoms with van der Waals surface area (Å²) >= 11 is 1.56. The van der Waals surface area contributed by atoms with Crippen LogP contribution in [0.4, 0.5) is 0 Å². The number of aromatic nitrogens is 3. The molecule has 1 atom stereocenters. The fourth-order valence-corrected chi connectivity index (χ4v) is 2.56. The Kier molecular flexibility index (Phi) is 5.49. The van der Waals surface area contributed by atoms with Crippen LogP contribution in [0, 0.1) is 0 Å². The lowest BCUT2D eigenvalue weighted by Crippen LogP contribution is -2.24. The molecular formula is C15H20N4S. The van der Waals surface area contributed by atoms with Crippen LogP contribution in [-0.2, 0) is 6.54 Å². The quantitative estimate of drug-likeness (QED) is 0.603. The molecule has 2 rings (SSSR count). The summed E-state index contributed by atoms with van der Waals surface area (Å²) in [5, 5.41) is 0.813. The molecule has 0 aliphatic heterocycles. The Hall–Kier alpha value is -1.46. The van der Waals surface area contributed by atoms with Crippen molar-refractivity contribution < 1.29 is 0 Å². The van der Waals surface area contributed by atoms with Crippen LogP contribution >= 0.6 is 11.8 Å². The highest BCUT2D eigenvalue weighted by Gasteiger charge is 2.16. The van der Waals surface area contributed by atoms with Gasteiger partial charge in [0.2, 0.25) is 0 Å². The predicted molar refractivity (Wildman–Crippen MR) is 82.5 cm³/mol. The van der Waals surface area contributed by atoms with Gasteiger partial charge in [-0.1, -0.05) is 24.8 Å². The van der Waals surface area contributed by atoms with Gasteiger partial charge < -0.3 is 0 Å². The van der Waals surface area contributed by atoms with E-state index < -0.39 is 0 Å². The minimum atomic E-state index is 0.316. The van der Waals surface area contributed by atoms with Gasteiger partial charge in [0.15, 0.2) is 5.16 Å². The zero-order valence-electron chi connectivity index (χ0n) is 12.2. The average molecular weight is 288 g/mol. The maximum absolute atomic E-state index is 4.46. The van der Waals surface area contributed by atoms with Gasteiger partial charge >= 0.3 is 0 Å². The molecule has 0 spiro atoms. The van der Waals surface area contributed by atoms with Crippen molar-refractivity contribution in [3.05, 3.63) is 48.0 Å². The molecule has 2 aromatic rings. The second-order valence-electron chi connectivity index (χ2n) is 4.67. The molecule has 0 unspecified atom stereocenters. The third-order valence-corrected chi connectivity index (χ3v) is 3.82. The monoisotopic (exact) mass is 288 g/mol. The molecule has 0 aliphatic carbocycles. The number of nitrogens with zero attached hydrogens (tertiary/aromatic N) is 4. The van der Waals surface area contributed by atoms with Crippen LogP contribution in [0.2, 0.25) is 0 Å². The number of hydrogen-bond acceptors (Lipinski definition) is 5. The average Bonchev–Trinajstić information content (AvgIpc) is 2.50. The third-order valence-electron chi connectivity index (χ3n) is 3.24. The molecule has 2 aromatic heterocycles. The van der Waals surface area contributed by atoms with Crippen LogP contribution in [0.1, 0.15) is 30.6 Å². The minimum Gasteiger partial charge on any atom is -0.293 e. The molecule has 0 N–H and O–H groups in total. The SMILES string of the molecule is CC[C@@H](c1ccccn1)N(C)Cc1cnc(SC)nc1. The van der Waals surface area contributed by atoms with Gasteiger partial charge in [-0.15, -0.1) is 0 Å². The standard InChI is InChI=1S/C15H20N4S/c1-4-14(13-7-5-6-8-16-13)19(2)11-12-9-17-15(20-3)18-10-12/h5-10,14H,4,11H2,1-3H3/t14-/m0/s1. The number of rotatable bonds is 6. The minimum absolute atomic E-state index is 0.316. The molecule has 0 fully saturated rings. The first-order valence-corrected chi connectivity index (χ1v) is 7.93. The fourth-order valence-electron chi connectivity index (χ4n) is 2.25. The van der Waals surface area contributed by atoms with Crippen molar-refractivity contribution in [1.29, 1.82) is 0 Å². The van der Waals surface area contributed by atoms with Crippen molar-refractivity contribution in [1.82, 2.24) is 19.9 Å². The van der Waals surface area contributed by atoms with E-state index in [1.54, 1.807) is 11.8 Å².